The fourth-order valence-electron chi connectivity index (χ4n) is 1.40. The van der Waals surface area contributed by atoms with Crippen LogP contribution >= 0.6 is 11.6 Å². The average molecular weight is 286 g/mol. The molecule has 0 heterocycles. The van der Waals surface area contributed by atoms with Crippen LogP contribution in [0.3, 0.4) is 0 Å². The molecule has 1 atom stereocenters. The van der Waals surface area contributed by atoms with Crippen molar-refractivity contribution in [1.29, 1.82) is 0 Å². The molecule has 104 valence electrons. The number of alkyl carbamates (subject to hydrolysis) is 1. The second-order valence-electron chi connectivity index (χ2n) is 4.97. The molecule has 1 rings (SSSR count). The monoisotopic (exact) mass is 285 g/mol. The minimum absolute atomic E-state index is 0.380. The van der Waals surface area contributed by atoms with Gasteiger partial charge in [-0.3, -0.25) is 0 Å². The highest BCUT2D eigenvalue weighted by Gasteiger charge is 2.25. The molecule has 5 nitrogen and oxygen atoms in total. The number of rotatable bonds is 3. The van der Waals surface area contributed by atoms with Crippen molar-refractivity contribution in [3.05, 3.63) is 34.9 Å². The third-order valence-electron chi connectivity index (χ3n) is 2.09. The summed E-state index contributed by atoms with van der Waals surface area (Å²) in [4.78, 5) is 22.8. The van der Waals surface area contributed by atoms with E-state index in [9.17, 15) is 9.59 Å². The molecule has 1 aromatic rings. The van der Waals surface area contributed by atoms with Gasteiger partial charge in [0.2, 0.25) is 0 Å². The Hall–Kier alpha value is -1.75. The van der Waals surface area contributed by atoms with Crippen LogP contribution < -0.4 is 5.32 Å². The highest BCUT2D eigenvalue weighted by Crippen LogP contribution is 2.19. The maximum absolute atomic E-state index is 11.6. The quantitative estimate of drug-likeness (QED) is 0.895. The van der Waals surface area contributed by atoms with E-state index < -0.39 is 23.7 Å². The SMILES string of the molecule is CC(C)(C)OC(=O)N[C@@H](C(=O)O)c1cccc(Cl)c1. The Bertz CT molecular complexity index is 482. The van der Waals surface area contributed by atoms with Gasteiger partial charge in [0.25, 0.3) is 0 Å². The van der Waals surface area contributed by atoms with Gasteiger partial charge in [-0.05, 0) is 38.5 Å². The van der Waals surface area contributed by atoms with Crippen molar-refractivity contribution in [3.63, 3.8) is 0 Å². The van der Waals surface area contributed by atoms with Crippen LogP contribution in [0.5, 0.6) is 0 Å². The van der Waals surface area contributed by atoms with Crippen molar-refractivity contribution in [2.45, 2.75) is 32.4 Å². The predicted octanol–water partition coefficient (Wildman–Crippen LogP) is 2.99. The van der Waals surface area contributed by atoms with Gasteiger partial charge in [0.15, 0.2) is 6.04 Å². The van der Waals surface area contributed by atoms with E-state index in [4.69, 9.17) is 21.4 Å². The van der Waals surface area contributed by atoms with Crippen LogP contribution in [0, 0.1) is 0 Å². The van der Waals surface area contributed by atoms with E-state index in [2.05, 4.69) is 5.32 Å². The number of halogens is 1. The van der Waals surface area contributed by atoms with Crippen LogP contribution in [-0.2, 0) is 9.53 Å². The van der Waals surface area contributed by atoms with Gasteiger partial charge in [0.1, 0.15) is 5.60 Å². The number of carboxylic acid groups (broad SMARTS) is 1. The molecule has 1 amide bonds. The highest BCUT2D eigenvalue weighted by molar-refractivity contribution is 6.30. The molecular weight excluding hydrogens is 270 g/mol. The zero-order chi connectivity index (χ0) is 14.6. The second kappa shape index (κ2) is 5.93. The van der Waals surface area contributed by atoms with Crippen LogP contribution in [0.4, 0.5) is 4.79 Å². The molecule has 0 saturated carbocycles. The molecule has 2 N–H and O–H groups in total. The van der Waals surface area contributed by atoms with E-state index >= 15 is 0 Å². The molecule has 0 aromatic heterocycles. The second-order valence-corrected chi connectivity index (χ2v) is 5.41. The van der Waals surface area contributed by atoms with Crippen molar-refractivity contribution in [3.8, 4) is 0 Å². The van der Waals surface area contributed by atoms with Crippen molar-refractivity contribution >= 4 is 23.7 Å². The summed E-state index contributed by atoms with van der Waals surface area (Å²) in [7, 11) is 0. The zero-order valence-corrected chi connectivity index (χ0v) is 11.7. The first-order chi connectivity index (χ1) is 8.69. The molecule has 0 unspecified atom stereocenters. The van der Waals surface area contributed by atoms with Crippen molar-refractivity contribution in [2.75, 3.05) is 0 Å². The summed E-state index contributed by atoms with van der Waals surface area (Å²) in [5.74, 6) is -1.19. The minimum atomic E-state index is -1.20. The normalized spacial score (nSPS) is 12.6. The molecular formula is C13H16ClNO4. The number of carbonyl (C=O) groups excluding carboxylic acids is 1. The van der Waals surface area contributed by atoms with Crippen LogP contribution in [0.15, 0.2) is 24.3 Å². The van der Waals surface area contributed by atoms with E-state index in [0.29, 0.717) is 10.6 Å². The molecule has 0 aliphatic carbocycles. The summed E-state index contributed by atoms with van der Waals surface area (Å²) in [6, 6.07) is 5.09. The van der Waals surface area contributed by atoms with Gasteiger partial charge in [-0.2, -0.15) is 0 Å². The standard InChI is InChI=1S/C13H16ClNO4/c1-13(2,3)19-12(18)15-10(11(16)17)8-5-4-6-9(14)7-8/h4-7,10H,1-3H3,(H,15,18)(H,16,17)/t10-/m1/s1. The van der Waals surface area contributed by atoms with Gasteiger partial charge in [-0.25, -0.2) is 9.59 Å². The Morgan fingerprint density at radius 2 is 2.00 bits per heavy atom. The van der Waals surface area contributed by atoms with E-state index in [1.807, 2.05) is 0 Å². The van der Waals surface area contributed by atoms with Gasteiger partial charge < -0.3 is 15.2 Å². The Labute approximate surface area is 116 Å². The van der Waals surface area contributed by atoms with Crippen molar-refractivity contribution < 1.29 is 19.4 Å². The van der Waals surface area contributed by atoms with E-state index in [-0.39, 0.29) is 0 Å². The Kier molecular flexibility index (Phi) is 4.78. The fourth-order valence-corrected chi connectivity index (χ4v) is 1.60. The van der Waals surface area contributed by atoms with Gasteiger partial charge in [-0.15, -0.1) is 0 Å². The zero-order valence-electron chi connectivity index (χ0n) is 10.9. The molecule has 19 heavy (non-hydrogen) atoms. The molecule has 0 aliphatic rings. The average Bonchev–Trinajstić information content (AvgIpc) is 2.23. The number of amides is 1. The Morgan fingerprint density at radius 1 is 1.37 bits per heavy atom. The smallest absolute Gasteiger partial charge is 0.408 e. The number of carboxylic acids is 1. The third-order valence-corrected chi connectivity index (χ3v) is 2.33. The lowest BCUT2D eigenvalue weighted by atomic mass is 10.1. The van der Waals surface area contributed by atoms with Crippen LogP contribution in [0.25, 0.3) is 0 Å². The summed E-state index contributed by atoms with van der Waals surface area (Å²) in [6.07, 6.45) is -0.792. The summed E-state index contributed by atoms with van der Waals surface area (Å²) in [5, 5.41) is 11.8. The maximum Gasteiger partial charge on any atom is 0.408 e. The Morgan fingerprint density at radius 3 is 2.47 bits per heavy atom. The minimum Gasteiger partial charge on any atom is -0.479 e. The van der Waals surface area contributed by atoms with Gasteiger partial charge in [0.05, 0.1) is 0 Å². The number of hydrogen-bond donors (Lipinski definition) is 2. The third kappa shape index (κ3) is 5.18. The number of benzene rings is 1. The summed E-state index contributed by atoms with van der Waals surface area (Å²) in [5.41, 5.74) is -0.313. The van der Waals surface area contributed by atoms with Crippen LogP contribution in [-0.4, -0.2) is 22.8 Å². The molecule has 6 heteroatoms. The first-order valence-corrected chi connectivity index (χ1v) is 6.04. The highest BCUT2D eigenvalue weighted by atomic mass is 35.5. The van der Waals surface area contributed by atoms with Crippen LogP contribution in [0.2, 0.25) is 5.02 Å². The summed E-state index contributed by atoms with van der Waals surface area (Å²) in [6.45, 7) is 5.09. The fraction of sp³-hybridized carbons (Fsp3) is 0.385. The van der Waals surface area contributed by atoms with Gasteiger partial charge >= 0.3 is 12.1 Å². The Balaban J connectivity index is 2.85. The summed E-state index contributed by atoms with van der Waals surface area (Å²) >= 11 is 5.80. The number of aliphatic carboxylic acids is 1. The van der Waals surface area contributed by atoms with Gasteiger partial charge in [0, 0.05) is 5.02 Å². The van der Waals surface area contributed by atoms with Crippen molar-refractivity contribution in [2.24, 2.45) is 0 Å². The van der Waals surface area contributed by atoms with Crippen LogP contribution in [0.1, 0.15) is 32.4 Å². The molecule has 0 fully saturated rings. The number of hydrogen-bond acceptors (Lipinski definition) is 3. The number of carbonyl (C=O) groups is 2. The molecule has 0 spiro atoms. The predicted molar refractivity (Wildman–Crippen MR) is 71.2 cm³/mol. The lowest BCUT2D eigenvalue weighted by Gasteiger charge is -2.22. The van der Waals surface area contributed by atoms with Gasteiger partial charge in [-0.1, -0.05) is 23.7 Å². The molecule has 0 radical (unpaired) electrons. The lowest BCUT2D eigenvalue weighted by Crippen LogP contribution is -2.38. The topological polar surface area (TPSA) is 75.6 Å². The van der Waals surface area contributed by atoms with E-state index in [1.165, 1.54) is 6.07 Å². The first-order valence-electron chi connectivity index (χ1n) is 5.67. The summed E-state index contributed by atoms with van der Waals surface area (Å²) < 4.78 is 5.02. The maximum atomic E-state index is 11.6. The van der Waals surface area contributed by atoms with Crippen molar-refractivity contribution in [1.82, 2.24) is 5.32 Å². The lowest BCUT2D eigenvalue weighted by molar-refractivity contribution is -0.139. The van der Waals surface area contributed by atoms with E-state index in [1.54, 1.807) is 39.0 Å². The molecule has 0 aliphatic heterocycles. The molecule has 1 aromatic carbocycles. The molecule has 0 saturated heterocycles. The first kappa shape index (κ1) is 15.3. The number of nitrogens with one attached hydrogen (secondary N) is 1. The largest absolute Gasteiger partial charge is 0.479 e. The molecule has 0 bridgehead atoms. The number of ether oxygens (including phenoxy) is 1. The van der Waals surface area contributed by atoms with E-state index in [0.717, 1.165) is 0 Å².